The van der Waals surface area contributed by atoms with Gasteiger partial charge in [0, 0.05) is 19.6 Å². The second-order valence-corrected chi connectivity index (χ2v) is 8.40. The molecule has 1 aromatic heterocycles. The summed E-state index contributed by atoms with van der Waals surface area (Å²) in [5.41, 5.74) is 4.60. The number of phenols is 1. The Labute approximate surface area is 198 Å². The molecule has 0 spiro atoms. The summed E-state index contributed by atoms with van der Waals surface area (Å²) >= 11 is 0. The minimum absolute atomic E-state index is 0.105. The smallest absolute Gasteiger partial charge is 0.200 e. The third-order valence-electron chi connectivity index (χ3n) is 5.98. The molecule has 0 aliphatic heterocycles. The minimum Gasteiger partial charge on any atom is -0.507 e. The molecule has 0 fully saturated rings. The Bertz CT molecular complexity index is 1400. The number of fused-ring (bicyclic) bond motifs is 1. The molecule has 0 unspecified atom stereocenters. The SMILES string of the molecule is O=c1c(-c2ccccc2)coc2c(CN(Cc3ccccc3)Cc3ccccc3)c(O)ccc12. The van der Waals surface area contributed by atoms with Crippen LogP contribution in [0.2, 0.25) is 0 Å². The first-order valence-electron chi connectivity index (χ1n) is 11.3. The summed E-state index contributed by atoms with van der Waals surface area (Å²) in [5.74, 6) is 0.120. The van der Waals surface area contributed by atoms with Crippen LogP contribution in [0.3, 0.4) is 0 Å². The first kappa shape index (κ1) is 21.7. The van der Waals surface area contributed by atoms with E-state index in [-0.39, 0.29) is 11.2 Å². The third-order valence-corrected chi connectivity index (χ3v) is 5.98. The van der Waals surface area contributed by atoms with Gasteiger partial charge in [0.25, 0.3) is 0 Å². The summed E-state index contributed by atoms with van der Waals surface area (Å²) in [6.45, 7) is 1.82. The quantitative estimate of drug-likeness (QED) is 0.315. The van der Waals surface area contributed by atoms with Crippen molar-refractivity contribution in [1.29, 1.82) is 0 Å². The molecule has 0 aliphatic rings. The highest BCUT2D eigenvalue weighted by Gasteiger charge is 2.18. The third kappa shape index (κ3) is 4.63. The Balaban J connectivity index is 1.54. The largest absolute Gasteiger partial charge is 0.507 e. The molecule has 0 aliphatic carbocycles. The van der Waals surface area contributed by atoms with Gasteiger partial charge in [0.15, 0.2) is 0 Å². The predicted molar refractivity (Wildman–Crippen MR) is 135 cm³/mol. The maximum Gasteiger partial charge on any atom is 0.200 e. The van der Waals surface area contributed by atoms with Crippen LogP contribution in [0.5, 0.6) is 5.75 Å². The van der Waals surface area contributed by atoms with E-state index in [2.05, 4.69) is 29.2 Å². The highest BCUT2D eigenvalue weighted by Crippen LogP contribution is 2.30. The summed E-state index contributed by atoms with van der Waals surface area (Å²) in [4.78, 5) is 15.5. The minimum atomic E-state index is -0.105. The van der Waals surface area contributed by atoms with E-state index in [1.165, 1.54) is 17.4 Å². The van der Waals surface area contributed by atoms with Crippen LogP contribution in [-0.4, -0.2) is 10.0 Å². The van der Waals surface area contributed by atoms with Gasteiger partial charge in [0.2, 0.25) is 5.43 Å². The van der Waals surface area contributed by atoms with Gasteiger partial charge in [-0.05, 0) is 28.8 Å². The molecule has 4 nitrogen and oxygen atoms in total. The zero-order chi connectivity index (χ0) is 23.3. The van der Waals surface area contributed by atoms with Crippen molar-refractivity contribution in [3.63, 3.8) is 0 Å². The number of hydrogen-bond donors (Lipinski definition) is 1. The monoisotopic (exact) mass is 447 g/mol. The number of nitrogens with zero attached hydrogens (tertiary/aromatic N) is 1. The molecule has 0 saturated carbocycles. The van der Waals surface area contributed by atoms with Crippen molar-refractivity contribution in [3.8, 4) is 16.9 Å². The van der Waals surface area contributed by atoms with Gasteiger partial charge < -0.3 is 9.52 Å². The Morgan fingerprint density at radius 2 is 1.24 bits per heavy atom. The van der Waals surface area contributed by atoms with Crippen molar-refractivity contribution < 1.29 is 9.52 Å². The molecule has 0 bridgehead atoms. The van der Waals surface area contributed by atoms with Crippen LogP contribution in [0, 0.1) is 0 Å². The fourth-order valence-electron chi connectivity index (χ4n) is 4.29. The van der Waals surface area contributed by atoms with Gasteiger partial charge in [-0.3, -0.25) is 9.69 Å². The lowest BCUT2D eigenvalue weighted by molar-refractivity contribution is 0.244. The fraction of sp³-hybridized carbons (Fsp3) is 0.100. The van der Waals surface area contributed by atoms with Crippen LogP contribution in [0.25, 0.3) is 22.1 Å². The molecule has 0 radical (unpaired) electrons. The van der Waals surface area contributed by atoms with Crippen molar-refractivity contribution in [2.45, 2.75) is 19.6 Å². The van der Waals surface area contributed by atoms with E-state index in [9.17, 15) is 9.90 Å². The summed E-state index contributed by atoms with van der Waals surface area (Å²) in [6, 6.07) is 33.2. The Morgan fingerprint density at radius 3 is 1.82 bits per heavy atom. The molecular weight excluding hydrogens is 422 g/mol. The number of rotatable bonds is 7. The first-order chi connectivity index (χ1) is 16.7. The summed E-state index contributed by atoms with van der Waals surface area (Å²) in [6.07, 6.45) is 1.50. The van der Waals surface area contributed by atoms with Crippen LogP contribution >= 0.6 is 0 Å². The summed E-state index contributed by atoms with van der Waals surface area (Å²) in [5, 5.41) is 11.2. The number of hydrogen-bond acceptors (Lipinski definition) is 4. The van der Waals surface area contributed by atoms with E-state index in [0.29, 0.717) is 41.7 Å². The highest BCUT2D eigenvalue weighted by molar-refractivity contribution is 5.85. The van der Waals surface area contributed by atoms with E-state index in [4.69, 9.17) is 4.42 Å². The van der Waals surface area contributed by atoms with Gasteiger partial charge >= 0.3 is 0 Å². The molecule has 34 heavy (non-hydrogen) atoms. The van der Waals surface area contributed by atoms with E-state index in [0.717, 1.165) is 5.56 Å². The van der Waals surface area contributed by atoms with Crippen molar-refractivity contribution in [2.75, 3.05) is 0 Å². The fourth-order valence-corrected chi connectivity index (χ4v) is 4.29. The molecule has 4 heteroatoms. The normalized spacial score (nSPS) is 11.2. The molecule has 168 valence electrons. The second-order valence-electron chi connectivity index (χ2n) is 8.40. The Hall–Kier alpha value is -4.15. The predicted octanol–water partition coefficient (Wildman–Crippen LogP) is 6.37. The Morgan fingerprint density at radius 1 is 0.676 bits per heavy atom. The zero-order valence-electron chi connectivity index (χ0n) is 18.7. The number of benzene rings is 4. The lowest BCUT2D eigenvalue weighted by Gasteiger charge is -2.23. The van der Waals surface area contributed by atoms with Gasteiger partial charge in [0.1, 0.15) is 17.6 Å². The van der Waals surface area contributed by atoms with Crippen LogP contribution in [0.15, 0.2) is 119 Å². The molecule has 5 aromatic rings. The van der Waals surface area contributed by atoms with Crippen LogP contribution in [0.1, 0.15) is 16.7 Å². The zero-order valence-corrected chi connectivity index (χ0v) is 18.7. The van der Waals surface area contributed by atoms with E-state index >= 15 is 0 Å². The average molecular weight is 448 g/mol. The number of aromatic hydroxyl groups is 1. The molecule has 1 N–H and O–H groups in total. The van der Waals surface area contributed by atoms with Crippen molar-refractivity contribution in [2.24, 2.45) is 0 Å². The van der Waals surface area contributed by atoms with Crippen molar-refractivity contribution in [1.82, 2.24) is 4.90 Å². The summed E-state index contributed by atoms with van der Waals surface area (Å²) < 4.78 is 6.00. The lowest BCUT2D eigenvalue weighted by Crippen LogP contribution is -2.23. The maximum atomic E-state index is 13.3. The van der Waals surface area contributed by atoms with Gasteiger partial charge in [-0.15, -0.1) is 0 Å². The average Bonchev–Trinajstić information content (AvgIpc) is 2.88. The molecule has 0 saturated heterocycles. The topological polar surface area (TPSA) is 53.7 Å². The lowest BCUT2D eigenvalue weighted by atomic mass is 10.0. The number of phenolic OH excluding ortho intramolecular Hbond substituents is 1. The van der Waals surface area contributed by atoms with E-state index in [1.54, 1.807) is 12.1 Å². The van der Waals surface area contributed by atoms with Gasteiger partial charge in [0.05, 0.1) is 16.5 Å². The standard InChI is InChI=1S/C30H25NO3/c32-28-17-16-25-29(33)27(24-14-8-3-9-15-24)21-34-30(25)26(28)20-31(18-22-10-4-1-5-11-22)19-23-12-6-2-7-13-23/h1-17,21,32H,18-20H2. The summed E-state index contributed by atoms with van der Waals surface area (Å²) in [7, 11) is 0. The first-order valence-corrected chi connectivity index (χ1v) is 11.3. The van der Waals surface area contributed by atoms with Gasteiger partial charge in [-0.2, -0.15) is 0 Å². The Kier molecular flexibility index (Phi) is 6.23. The molecule has 5 rings (SSSR count). The maximum absolute atomic E-state index is 13.3. The second kappa shape index (κ2) is 9.77. The molecule has 4 aromatic carbocycles. The highest BCUT2D eigenvalue weighted by atomic mass is 16.3. The van der Waals surface area contributed by atoms with Crippen molar-refractivity contribution in [3.05, 3.63) is 136 Å². The van der Waals surface area contributed by atoms with Crippen LogP contribution in [-0.2, 0) is 19.6 Å². The van der Waals surface area contributed by atoms with E-state index in [1.807, 2.05) is 66.7 Å². The van der Waals surface area contributed by atoms with E-state index < -0.39 is 0 Å². The van der Waals surface area contributed by atoms with Gasteiger partial charge in [-0.25, -0.2) is 0 Å². The van der Waals surface area contributed by atoms with Gasteiger partial charge in [-0.1, -0.05) is 91.0 Å². The van der Waals surface area contributed by atoms with Crippen LogP contribution < -0.4 is 5.43 Å². The van der Waals surface area contributed by atoms with Crippen molar-refractivity contribution >= 4 is 11.0 Å². The molecule has 1 heterocycles. The molecule has 0 atom stereocenters. The molecular formula is C30H25NO3. The van der Waals surface area contributed by atoms with Crippen LogP contribution in [0.4, 0.5) is 0 Å². The molecule has 0 amide bonds.